The van der Waals surface area contributed by atoms with Gasteiger partial charge in [0.15, 0.2) is 5.75 Å². The largest absolute Gasteiger partial charge is 0.507 e. The van der Waals surface area contributed by atoms with E-state index in [1.807, 2.05) is 7.05 Å². The minimum absolute atomic E-state index is 0.0559. The molecule has 1 saturated heterocycles. The average Bonchev–Trinajstić information content (AvgIpc) is 3.46. The lowest BCUT2D eigenvalue weighted by molar-refractivity contribution is -0.160. The SMILES string of the molecule is COC1/C=C/OC2(C)Oc3c(C)c(O)c4c(O)c(c(C=NN5CCN(C)CC5)c(O)c4c3C2=O)NC(=O)/C(C)=C\C=C\C(C)C(O)C(C)C(O)C(C)C(OC(C)=O)C1C. The van der Waals surface area contributed by atoms with Gasteiger partial charge in [-0.1, -0.05) is 45.9 Å². The highest BCUT2D eigenvalue weighted by molar-refractivity contribution is 6.23. The molecule has 0 spiro atoms. The molecule has 9 atom stereocenters. The molecule has 16 nitrogen and oxygen atoms in total. The molecule has 1 amide bonds. The van der Waals surface area contributed by atoms with Crippen LogP contribution >= 0.6 is 0 Å². The zero-order valence-corrected chi connectivity index (χ0v) is 35.3. The molecule has 0 aromatic heterocycles. The van der Waals surface area contributed by atoms with Gasteiger partial charge >= 0.3 is 11.8 Å². The summed E-state index contributed by atoms with van der Waals surface area (Å²) in [6, 6.07) is 0. The van der Waals surface area contributed by atoms with Crippen molar-refractivity contribution in [1.82, 2.24) is 9.91 Å². The molecule has 0 saturated carbocycles. The van der Waals surface area contributed by atoms with Crippen LogP contribution in [0.1, 0.15) is 70.0 Å². The molecule has 1 fully saturated rings. The van der Waals surface area contributed by atoms with Gasteiger partial charge < -0.3 is 54.7 Å². The Morgan fingerprint density at radius 2 is 1.61 bits per heavy atom. The lowest BCUT2D eigenvalue weighted by Gasteiger charge is -2.38. The van der Waals surface area contributed by atoms with Crippen LogP contribution in [-0.4, -0.2) is 130 Å². The molecule has 4 heterocycles. The molecule has 4 aliphatic heterocycles. The molecule has 6 rings (SSSR count). The number of anilines is 1. The van der Waals surface area contributed by atoms with Crippen molar-refractivity contribution in [2.24, 2.45) is 28.8 Å². The second-order valence-electron chi connectivity index (χ2n) is 16.1. The van der Waals surface area contributed by atoms with Crippen molar-refractivity contribution in [1.29, 1.82) is 0 Å². The highest BCUT2D eigenvalue weighted by atomic mass is 16.7. The number of hydrazone groups is 1. The predicted octanol–water partition coefficient (Wildman–Crippen LogP) is 4.34. The van der Waals surface area contributed by atoms with Crippen LogP contribution in [0.4, 0.5) is 5.69 Å². The van der Waals surface area contributed by atoms with Crippen LogP contribution in [0.3, 0.4) is 0 Å². The number of phenolic OH excluding ortho intramolecular Hbond substituents is 3. The fraction of sp³-hybridized carbons (Fsp3) is 0.535. The van der Waals surface area contributed by atoms with Gasteiger partial charge in [0.25, 0.3) is 11.7 Å². The minimum atomic E-state index is -2.04. The third kappa shape index (κ3) is 8.91. The number of hydrogen-bond donors (Lipinski definition) is 6. The average molecular weight is 823 g/mol. The lowest BCUT2D eigenvalue weighted by Crippen LogP contribution is -2.46. The van der Waals surface area contributed by atoms with Gasteiger partial charge in [-0.05, 0) is 27.0 Å². The zero-order valence-electron chi connectivity index (χ0n) is 35.3. The van der Waals surface area contributed by atoms with Crippen LogP contribution in [-0.2, 0) is 23.8 Å². The van der Waals surface area contributed by atoms with E-state index in [0.717, 1.165) is 13.1 Å². The number of nitrogens with one attached hydrogen (secondary N) is 1. The number of Topliss-reactive ketones (excluding diaryl/α,β-unsaturated/α-hetero) is 1. The van der Waals surface area contributed by atoms with Crippen molar-refractivity contribution >= 4 is 40.3 Å². The van der Waals surface area contributed by atoms with Gasteiger partial charge in [-0.15, -0.1) is 0 Å². The Morgan fingerprint density at radius 1 is 0.949 bits per heavy atom. The van der Waals surface area contributed by atoms with E-state index in [1.54, 1.807) is 44.9 Å². The van der Waals surface area contributed by atoms with Crippen molar-refractivity contribution in [3.8, 4) is 23.0 Å². The Balaban J connectivity index is 1.70. The summed E-state index contributed by atoms with van der Waals surface area (Å²) in [5.74, 6) is -8.34. The number of aliphatic hydroxyl groups is 2. The Bertz CT molecular complexity index is 2070. The summed E-state index contributed by atoms with van der Waals surface area (Å²) in [5.41, 5.74) is -0.350. The lowest BCUT2D eigenvalue weighted by atomic mass is 9.78. The van der Waals surface area contributed by atoms with E-state index in [9.17, 15) is 39.9 Å². The molecular weight excluding hydrogens is 764 g/mol. The molecule has 6 N–H and O–H groups in total. The number of hydrogen-bond acceptors (Lipinski definition) is 15. The van der Waals surface area contributed by atoms with Gasteiger partial charge in [-0.3, -0.25) is 19.4 Å². The van der Waals surface area contributed by atoms with E-state index in [0.29, 0.717) is 13.1 Å². The maximum atomic E-state index is 14.4. The first-order chi connectivity index (χ1) is 27.7. The third-order valence-corrected chi connectivity index (χ3v) is 11.9. The number of esters is 1. The number of amides is 1. The number of rotatable bonds is 4. The van der Waals surface area contributed by atoms with Gasteiger partial charge in [-0.2, -0.15) is 5.10 Å². The van der Waals surface area contributed by atoms with E-state index in [2.05, 4.69) is 15.3 Å². The highest BCUT2D eigenvalue weighted by Gasteiger charge is 2.50. The highest BCUT2D eigenvalue weighted by Crippen LogP contribution is 2.55. The zero-order chi connectivity index (χ0) is 43.7. The van der Waals surface area contributed by atoms with E-state index in [4.69, 9.17) is 18.9 Å². The summed E-state index contributed by atoms with van der Waals surface area (Å²) in [4.78, 5) is 42.6. The van der Waals surface area contributed by atoms with Crippen molar-refractivity contribution < 1.29 is 58.9 Å². The molecular formula is C43H58N4O12. The monoisotopic (exact) mass is 822 g/mol. The number of benzene rings is 2. The quantitative estimate of drug-likeness (QED) is 0.109. The third-order valence-electron chi connectivity index (χ3n) is 11.9. The van der Waals surface area contributed by atoms with Gasteiger partial charge in [-0.25, -0.2) is 0 Å². The van der Waals surface area contributed by atoms with Crippen LogP contribution in [0.5, 0.6) is 23.0 Å². The van der Waals surface area contributed by atoms with E-state index in [-0.39, 0.29) is 44.5 Å². The van der Waals surface area contributed by atoms with Crippen LogP contribution in [0.25, 0.3) is 10.8 Å². The van der Waals surface area contributed by atoms with Crippen LogP contribution in [0.15, 0.2) is 41.2 Å². The normalized spacial score (nSPS) is 32.1. The molecule has 16 heteroatoms. The summed E-state index contributed by atoms with van der Waals surface area (Å²) >= 11 is 0. The molecule has 59 heavy (non-hydrogen) atoms. The van der Waals surface area contributed by atoms with Crippen LogP contribution in [0, 0.1) is 30.6 Å². The summed E-state index contributed by atoms with van der Waals surface area (Å²) in [6.07, 6.45) is 4.86. The van der Waals surface area contributed by atoms with Crippen molar-refractivity contribution in [2.45, 2.75) is 85.6 Å². The number of piperazine rings is 1. The summed E-state index contributed by atoms with van der Waals surface area (Å²) in [6.45, 7) is 15.1. The topological polar surface area (TPSA) is 220 Å². The first-order valence-electron chi connectivity index (χ1n) is 19.8. The van der Waals surface area contributed by atoms with Crippen LogP contribution in [0.2, 0.25) is 0 Å². The number of allylic oxidation sites excluding steroid dienone is 2. The van der Waals surface area contributed by atoms with Crippen molar-refractivity contribution in [3.05, 3.63) is 52.8 Å². The smallest absolute Gasteiger partial charge is 0.312 e. The first-order valence-corrected chi connectivity index (χ1v) is 19.8. The van der Waals surface area contributed by atoms with Crippen LogP contribution < -0.4 is 10.1 Å². The van der Waals surface area contributed by atoms with Crippen molar-refractivity contribution in [2.75, 3.05) is 45.7 Å². The number of methoxy groups -OCH3 is 1. The number of ketones is 1. The number of likely N-dealkylation sites (N-methyl/N-ethyl adjacent to an activating group) is 1. The van der Waals surface area contributed by atoms with E-state index < -0.39 is 88.8 Å². The second-order valence-corrected chi connectivity index (χ2v) is 16.1. The van der Waals surface area contributed by atoms with E-state index >= 15 is 0 Å². The Labute approximate surface area is 344 Å². The van der Waals surface area contributed by atoms with Gasteiger partial charge in [0.1, 0.15) is 23.4 Å². The second kappa shape index (κ2) is 18.0. The Hall–Kier alpha value is -5.16. The number of nitrogens with zero attached hydrogens (tertiary/aromatic N) is 3. The fourth-order valence-corrected chi connectivity index (χ4v) is 7.92. The summed E-state index contributed by atoms with van der Waals surface area (Å²) < 4.78 is 23.6. The molecule has 2 aromatic carbocycles. The number of carbonyl (C=O) groups is 3. The maximum Gasteiger partial charge on any atom is 0.312 e. The first kappa shape index (κ1) is 44.9. The molecule has 9 unspecified atom stereocenters. The molecule has 2 aromatic rings. The Morgan fingerprint density at radius 3 is 2.24 bits per heavy atom. The Kier molecular flexibility index (Phi) is 13.7. The molecule has 4 aliphatic rings. The minimum Gasteiger partial charge on any atom is -0.507 e. The standard InChI is InChI=1S/C43H58N4O12/c1-21-12-11-13-22(2)42(55)45-33-28(20-44-47-17-15-46(9)16-18-47)37(52)30-31(38(33)53)36(51)26(6)40-32(30)41(54)43(8,59-40)57-19-14-29(56-10)23(3)39(58-27(7)48)25(5)35(50)24(4)34(21)49/h11-14,19-21,23-25,29,34-35,39,49-53H,15-18H2,1-10H3,(H,45,55)/b12-11+,19-14+,22-13-,44-20?. The van der Waals surface area contributed by atoms with Crippen molar-refractivity contribution in [3.63, 3.8) is 0 Å². The number of aromatic hydroxyl groups is 3. The number of ether oxygens (including phenoxy) is 4. The predicted molar refractivity (Wildman–Crippen MR) is 220 cm³/mol. The van der Waals surface area contributed by atoms with Gasteiger partial charge in [0.05, 0.1) is 53.0 Å². The molecule has 5 bridgehead atoms. The van der Waals surface area contributed by atoms with Gasteiger partial charge in [0, 0.05) is 87.3 Å². The molecule has 0 radical (unpaired) electrons. The van der Waals surface area contributed by atoms with Gasteiger partial charge in [0.2, 0.25) is 0 Å². The number of carbonyl (C=O) groups excluding carboxylic acids is 3. The number of aliphatic hydroxyl groups excluding tert-OH is 2. The number of phenols is 3. The van der Waals surface area contributed by atoms with E-state index in [1.165, 1.54) is 59.4 Å². The summed E-state index contributed by atoms with van der Waals surface area (Å²) in [7, 11) is 3.42. The fourth-order valence-electron chi connectivity index (χ4n) is 7.92. The molecule has 0 aliphatic carbocycles. The number of fused-ring (bicyclic) bond motifs is 14. The summed E-state index contributed by atoms with van der Waals surface area (Å²) in [5, 5.41) is 66.8. The molecule has 322 valence electrons. The maximum absolute atomic E-state index is 14.4.